The van der Waals surface area contributed by atoms with Gasteiger partial charge in [0.25, 0.3) is 5.78 Å². The molecule has 0 aliphatic carbocycles. The highest BCUT2D eigenvalue weighted by Crippen LogP contribution is 2.29. The van der Waals surface area contributed by atoms with E-state index in [1.54, 1.807) is 0 Å². The summed E-state index contributed by atoms with van der Waals surface area (Å²) in [5, 5.41) is 0. The van der Waals surface area contributed by atoms with Crippen LogP contribution in [0.2, 0.25) is 0 Å². The molecule has 0 bridgehead atoms. The molecule has 1 aromatic heterocycles. The molecule has 0 fully saturated rings. The van der Waals surface area contributed by atoms with E-state index in [2.05, 4.69) is 4.98 Å². The molecule has 108 valence electrons. The Morgan fingerprint density at radius 3 is 2.05 bits per heavy atom. The molecule has 1 heterocycles. The fourth-order valence-electron chi connectivity index (χ4n) is 0.812. The Hall–Kier alpha value is -1.35. The fourth-order valence-corrected chi connectivity index (χ4v) is 0.812. The van der Waals surface area contributed by atoms with Gasteiger partial charge in [-0.1, -0.05) is 6.07 Å². The standard InChI is InChI=1S/C8H5F4NO.H3O4P/c9-7(10)6(14)8(11,12)5-3-1-2-4-13-5;1-5(2,3)4/h1-4,7H;(H3,1,2,3,4). The number of hydrogen-bond donors (Lipinski definition) is 3. The predicted octanol–water partition coefficient (Wildman–Crippen LogP) is 1.08. The van der Waals surface area contributed by atoms with Crippen LogP contribution in [0.3, 0.4) is 0 Å². The van der Waals surface area contributed by atoms with E-state index in [1.807, 2.05) is 0 Å². The molecule has 19 heavy (non-hydrogen) atoms. The van der Waals surface area contributed by atoms with Crippen LogP contribution in [0.5, 0.6) is 0 Å². The maximum Gasteiger partial charge on any atom is 0.466 e. The van der Waals surface area contributed by atoms with Gasteiger partial charge < -0.3 is 14.7 Å². The average Bonchev–Trinajstić information content (AvgIpc) is 2.26. The van der Waals surface area contributed by atoms with E-state index in [1.165, 1.54) is 12.1 Å². The molecule has 0 spiro atoms. The van der Waals surface area contributed by atoms with Crippen LogP contribution < -0.4 is 0 Å². The summed E-state index contributed by atoms with van der Waals surface area (Å²) in [4.78, 5) is 35.1. The van der Waals surface area contributed by atoms with E-state index in [9.17, 15) is 22.4 Å². The third-order valence-corrected chi connectivity index (χ3v) is 1.49. The Balaban J connectivity index is 0.000000555. The summed E-state index contributed by atoms with van der Waals surface area (Å²) in [6.45, 7) is 0. The first-order valence-corrected chi connectivity index (χ1v) is 5.93. The molecule has 0 saturated carbocycles. The number of ketones is 1. The van der Waals surface area contributed by atoms with Crippen molar-refractivity contribution in [2.24, 2.45) is 0 Å². The molecule has 11 heteroatoms. The molecule has 0 aromatic carbocycles. The van der Waals surface area contributed by atoms with Gasteiger partial charge in [-0.3, -0.25) is 9.78 Å². The van der Waals surface area contributed by atoms with Crippen molar-refractivity contribution >= 4 is 13.6 Å². The number of halogens is 4. The van der Waals surface area contributed by atoms with Gasteiger partial charge in [0.05, 0.1) is 0 Å². The fraction of sp³-hybridized carbons (Fsp3) is 0.250. The van der Waals surface area contributed by atoms with E-state index in [-0.39, 0.29) is 0 Å². The van der Waals surface area contributed by atoms with Crippen LogP contribution in [-0.4, -0.2) is 31.9 Å². The van der Waals surface area contributed by atoms with Crippen molar-refractivity contribution in [2.75, 3.05) is 0 Å². The molecule has 0 amide bonds. The highest BCUT2D eigenvalue weighted by Gasteiger charge is 2.46. The van der Waals surface area contributed by atoms with Crippen molar-refractivity contribution in [2.45, 2.75) is 12.3 Å². The van der Waals surface area contributed by atoms with Crippen LogP contribution in [-0.2, 0) is 15.3 Å². The molecule has 0 aliphatic rings. The molecule has 6 nitrogen and oxygen atoms in total. The molecular weight excluding hydrogens is 297 g/mol. The number of Topliss-reactive ketones (excluding diaryl/α,β-unsaturated/α-hetero) is 1. The normalized spacial score (nSPS) is 11.8. The van der Waals surface area contributed by atoms with Gasteiger partial charge in [-0.05, 0) is 12.1 Å². The van der Waals surface area contributed by atoms with Crippen molar-refractivity contribution in [3.05, 3.63) is 30.1 Å². The van der Waals surface area contributed by atoms with E-state index in [0.717, 1.165) is 12.3 Å². The minimum Gasteiger partial charge on any atom is -0.303 e. The summed E-state index contributed by atoms with van der Waals surface area (Å²) in [5.74, 6) is -6.66. The number of carbonyl (C=O) groups excluding carboxylic acids is 1. The molecule has 3 N–H and O–H groups in total. The van der Waals surface area contributed by atoms with E-state index in [0.29, 0.717) is 0 Å². The molecule has 0 saturated heterocycles. The Bertz CT molecular complexity index is 455. The van der Waals surface area contributed by atoms with Gasteiger partial charge in [0.1, 0.15) is 5.69 Å². The Kier molecular flexibility index (Phi) is 6.23. The predicted molar refractivity (Wildman–Crippen MR) is 53.4 cm³/mol. The SMILES string of the molecule is O=C(C(F)F)C(F)(F)c1ccccn1.O=P(O)(O)O. The van der Waals surface area contributed by atoms with Crippen LogP contribution in [0, 0.1) is 0 Å². The van der Waals surface area contributed by atoms with E-state index in [4.69, 9.17) is 19.2 Å². The lowest BCUT2D eigenvalue weighted by Crippen LogP contribution is -2.32. The summed E-state index contributed by atoms with van der Waals surface area (Å²) < 4.78 is 58.2. The number of phosphoric acid groups is 1. The van der Waals surface area contributed by atoms with Gasteiger partial charge in [0.15, 0.2) is 0 Å². The van der Waals surface area contributed by atoms with Crippen LogP contribution in [0.4, 0.5) is 17.6 Å². The monoisotopic (exact) mass is 305 g/mol. The first-order valence-electron chi connectivity index (χ1n) is 4.36. The van der Waals surface area contributed by atoms with Gasteiger partial charge in [-0.25, -0.2) is 13.3 Å². The molecule has 0 radical (unpaired) electrons. The number of pyridine rings is 1. The Labute approximate surface area is 104 Å². The quantitative estimate of drug-likeness (QED) is 0.569. The zero-order valence-electron chi connectivity index (χ0n) is 8.95. The van der Waals surface area contributed by atoms with Crippen LogP contribution in [0.15, 0.2) is 24.4 Å². The number of carbonyl (C=O) groups is 1. The van der Waals surface area contributed by atoms with Gasteiger partial charge in [0, 0.05) is 6.20 Å². The third kappa shape index (κ3) is 6.97. The lowest BCUT2D eigenvalue weighted by atomic mass is 10.1. The van der Waals surface area contributed by atoms with Gasteiger partial charge in [-0.15, -0.1) is 0 Å². The third-order valence-electron chi connectivity index (χ3n) is 1.49. The molecule has 1 aromatic rings. The Morgan fingerprint density at radius 1 is 1.26 bits per heavy atom. The highest BCUT2D eigenvalue weighted by atomic mass is 31.2. The highest BCUT2D eigenvalue weighted by molar-refractivity contribution is 7.45. The summed E-state index contributed by atoms with van der Waals surface area (Å²) in [6, 6.07) is 3.35. The number of rotatable bonds is 3. The van der Waals surface area contributed by atoms with E-state index >= 15 is 0 Å². The number of aromatic nitrogens is 1. The molecule has 0 aliphatic heterocycles. The van der Waals surface area contributed by atoms with Gasteiger partial charge >= 0.3 is 20.2 Å². The first-order chi connectivity index (χ1) is 8.46. The maximum absolute atomic E-state index is 12.9. The molecule has 0 unspecified atom stereocenters. The first kappa shape index (κ1) is 17.6. The van der Waals surface area contributed by atoms with Gasteiger partial charge in [-0.2, -0.15) is 8.78 Å². The van der Waals surface area contributed by atoms with Crippen molar-refractivity contribution in [1.29, 1.82) is 0 Å². The van der Waals surface area contributed by atoms with Crippen LogP contribution in [0.1, 0.15) is 5.69 Å². The second kappa shape index (κ2) is 6.71. The summed E-state index contributed by atoms with van der Waals surface area (Å²) in [5.41, 5.74) is -0.967. The number of alkyl halides is 4. The van der Waals surface area contributed by atoms with Crippen molar-refractivity contribution in [3.8, 4) is 0 Å². The van der Waals surface area contributed by atoms with E-state index < -0.39 is 31.6 Å². The van der Waals surface area contributed by atoms with Crippen LogP contribution >= 0.6 is 7.82 Å². The minimum absolute atomic E-state index is 0.820. The Morgan fingerprint density at radius 2 is 1.74 bits per heavy atom. The lowest BCUT2D eigenvalue weighted by Gasteiger charge is -2.12. The van der Waals surface area contributed by atoms with Crippen molar-refractivity contribution in [1.82, 2.24) is 4.98 Å². The zero-order chi connectivity index (χ0) is 15.3. The molecule has 1 rings (SSSR count). The van der Waals surface area contributed by atoms with Crippen molar-refractivity contribution < 1.29 is 41.6 Å². The lowest BCUT2D eigenvalue weighted by molar-refractivity contribution is -0.156. The van der Waals surface area contributed by atoms with Gasteiger partial charge in [0.2, 0.25) is 0 Å². The van der Waals surface area contributed by atoms with Crippen molar-refractivity contribution in [3.63, 3.8) is 0 Å². The smallest absolute Gasteiger partial charge is 0.303 e. The summed E-state index contributed by atoms with van der Waals surface area (Å²) >= 11 is 0. The topological polar surface area (TPSA) is 108 Å². The number of nitrogens with zero attached hydrogens (tertiary/aromatic N) is 1. The second-order valence-corrected chi connectivity index (χ2v) is 3.99. The average molecular weight is 305 g/mol. The summed E-state index contributed by atoms with van der Waals surface area (Å²) in [6.07, 6.45) is -2.70. The largest absolute Gasteiger partial charge is 0.466 e. The molecule has 0 atom stereocenters. The van der Waals surface area contributed by atoms with Crippen LogP contribution in [0.25, 0.3) is 0 Å². The number of hydrogen-bond acceptors (Lipinski definition) is 3. The summed E-state index contributed by atoms with van der Waals surface area (Å²) in [7, 11) is -4.64. The minimum atomic E-state index is -4.64. The maximum atomic E-state index is 12.9. The zero-order valence-corrected chi connectivity index (χ0v) is 9.85. The molecular formula is C8H8F4NO5P. The second-order valence-electron chi connectivity index (χ2n) is 2.97.